The first-order chi connectivity index (χ1) is 8.72. The number of para-hydroxylation sites is 1. The molecule has 116 valence electrons. The number of phosphoric acid groups is 2. The topological polar surface area (TPSA) is 145 Å². The van der Waals surface area contributed by atoms with Gasteiger partial charge in [-0.15, -0.1) is 0 Å². The van der Waals surface area contributed by atoms with Crippen molar-refractivity contribution in [2.45, 2.75) is 26.2 Å². The Bertz CT molecular complexity index is 504. The predicted molar refractivity (Wildman–Crippen MR) is 72.0 cm³/mol. The van der Waals surface area contributed by atoms with Crippen molar-refractivity contribution in [1.82, 2.24) is 0 Å². The van der Waals surface area contributed by atoms with Gasteiger partial charge in [0.15, 0.2) is 0 Å². The van der Waals surface area contributed by atoms with Gasteiger partial charge in [0.1, 0.15) is 5.75 Å². The molecule has 1 aromatic rings. The fraction of sp³-hybridized carbons (Fsp3) is 0.400. The van der Waals surface area contributed by atoms with E-state index in [1.807, 2.05) is 18.2 Å². The molecule has 0 aliphatic rings. The summed E-state index contributed by atoms with van der Waals surface area (Å²) in [7, 11) is -10.1. The van der Waals surface area contributed by atoms with E-state index in [1.165, 1.54) is 0 Å². The molecule has 0 saturated carbocycles. The second-order valence-corrected chi connectivity index (χ2v) is 7.45. The van der Waals surface area contributed by atoms with Crippen molar-refractivity contribution in [3.8, 4) is 5.75 Å². The quantitative estimate of drug-likeness (QED) is 0.517. The highest BCUT2D eigenvalue weighted by Crippen LogP contribution is 2.53. The third-order valence-electron chi connectivity index (χ3n) is 1.92. The van der Waals surface area contributed by atoms with Crippen LogP contribution in [0.2, 0.25) is 0 Å². The van der Waals surface area contributed by atoms with Gasteiger partial charge in [0.05, 0.1) is 0 Å². The van der Waals surface area contributed by atoms with Crippen LogP contribution in [0.25, 0.3) is 0 Å². The van der Waals surface area contributed by atoms with E-state index in [0.29, 0.717) is 5.75 Å². The molecule has 0 atom stereocenters. The summed E-state index contributed by atoms with van der Waals surface area (Å²) in [4.78, 5) is 31.0. The number of rotatable bonds is 2. The van der Waals surface area contributed by atoms with Crippen molar-refractivity contribution < 1.29 is 38.1 Å². The normalized spacial score (nSPS) is 12.6. The van der Waals surface area contributed by atoms with Crippen LogP contribution in [-0.2, 0) is 18.9 Å². The molecule has 0 unspecified atom stereocenters. The van der Waals surface area contributed by atoms with Crippen molar-refractivity contribution in [3.05, 3.63) is 29.8 Å². The molecule has 0 amide bonds. The van der Waals surface area contributed by atoms with Gasteiger partial charge in [-0.3, -0.25) is 0 Å². The third-order valence-corrected chi connectivity index (χ3v) is 3.63. The van der Waals surface area contributed by atoms with Gasteiger partial charge in [0.25, 0.3) is 0 Å². The fourth-order valence-electron chi connectivity index (χ4n) is 1.25. The summed E-state index contributed by atoms with van der Waals surface area (Å²) in [5.74, 6) is 0.389. The molecule has 0 aliphatic carbocycles. The number of phenols is 1. The smallest absolute Gasteiger partial charge is 0.478 e. The van der Waals surface area contributed by atoms with Crippen molar-refractivity contribution in [1.29, 1.82) is 0 Å². The van der Waals surface area contributed by atoms with Crippen LogP contribution in [0.15, 0.2) is 24.3 Å². The maximum Gasteiger partial charge on any atom is 0.478 e. The molecule has 0 spiro atoms. The van der Waals surface area contributed by atoms with E-state index in [9.17, 15) is 14.2 Å². The van der Waals surface area contributed by atoms with E-state index in [4.69, 9.17) is 19.6 Å². The molecular weight excluding hydrogens is 310 g/mol. The highest BCUT2D eigenvalue weighted by molar-refractivity contribution is 7.60. The van der Waals surface area contributed by atoms with Crippen LogP contribution in [0.5, 0.6) is 5.75 Å². The summed E-state index contributed by atoms with van der Waals surface area (Å²) in [6, 6.07) is 7.46. The number of phenolic OH excluding ortho intramolecular Hbond substituents is 1. The van der Waals surface area contributed by atoms with Crippen LogP contribution in [0.3, 0.4) is 0 Å². The standard InChI is InChI=1S/C10H14O.H4O7P2/c1-10(2,3)8-6-4-5-7-9(8)11;1-8(2,3)7-9(4,5)6/h4-7,11H,1-3H3;(H2,1,2,3)(H2,4,5,6). The first-order valence-electron chi connectivity index (χ1n) is 5.33. The summed E-state index contributed by atoms with van der Waals surface area (Å²) in [6.07, 6.45) is 0. The van der Waals surface area contributed by atoms with E-state index in [1.54, 1.807) is 6.07 Å². The average Bonchev–Trinajstić information content (AvgIpc) is 2.11. The lowest BCUT2D eigenvalue weighted by molar-refractivity contribution is 0.225. The Morgan fingerprint density at radius 3 is 1.55 bits per heavy atom. The lowest BCUT2D eigenvalue weighted by atomic mass is 9.86. The van der Waals surface area contributed by atoms with Gasteiger partial charge in [-0.25, -0.2) is 9.13 Å². The molecule has 0 fully saturated rings. The van der Waals surface area contributed by atoms with Gasteiger partial charge >= 0.3 is 15.6 Å². The summed E-state index contributed by atoms with van der Waals surface area (Å²) in [5, 5.41) is 9.45. The monoisotopic (exact) mass is 328 g/mol. The summed E-state index contributed by atoms with van der Waals surface area (Å²) >= 11 is 0. The van der Waals surface area contributed by atoms with Crippen LogP contribution in [-0.4, -0.2) is 24.7 Å². The van der Waals surface area contributed by atoms with E-state index in [-0.39, 0.29) is 5.41 Å². The molecule has 20 heavy (non-hydrogen) atoms. The van der Waals surface area contributed by atoms with E-state index in [2.05, 4.69) is 25.1 Å². The van der Waals surface area contributed by atoms with Gasteiger partial charge in [-0.1, -0.05) is 39.0 Å². The minimum atomic E-state index is -5.05. The molecule has 1 rings (SSSR count). The number of aromatic hydroxyl groups is 1. The van der Waals surface area contributed by atoms with Crippen LogP contribution in [0, 0.1) is 0 Å². The van der Waals surface area contributed by atoms with Gasteiger partial charge in [0.2, 0.25) is 0 Å². The molecule has 0 aliphatic heterocycles. The maximum atomic E-state index is 9.63. The number of hydrogen-bond donors (Lipinski definition) is 5. The number of hydrogen-bond acceptors (Lipinski definition) is 4. The molecule has 1 aromatic carbocycles. The molecule has 8 nitrogen and oxygen atoms in total. The Kier molecular flexibility index (Phi) is 6.58. The van der Waals surface area contributed by atoms with Crippen molar-refractivity contribution in [2.75, 3.05) is 0 Å². The Morgan fingerprint density at radius 1 is 0.950 bits per heavy atom. The van der Waals surface area contributed by atoms with E-state index in [0.717, 1.165) is 5.56 Å². The molecule has 0 heterocycles. The average molecular weight is 328 g/mol. The Labute approximate surface area is 116 Å². The van der Waals surface area contributed by atoms with E-state index < -0.39 is 15.6 Å². The van der Waals surface area contributed by atoms with Crippen molar-refractivity contribution in [3.63, 3.8) is 0 Å². The van der Waals surface area contributed by atoms with Crippen molar-refractivity contribution >= 4 is 15.6 Å². The van der Waals surface area contributed by atoms with Crippen LogP contribution in [0.1, 0.15) is 26.3 Å². The van der Waals surface area contributed by atoms with Crippen LogP contribution >= 0.6 is 15.6 Å². The van der Waals surface area contributed by atoms with E-state index >= 15 is 0 Å². The minimum absolute atomic E-state index is 0.0331. The second kappa shape index (κ2) is 6.83. The second-order valence-electron chi connectivity index (χ2n) is 4.83. The van der Waals surface area contributed by atoms with Gasteiger partial charge < -0.3 is 24.7 Å². The lowest BCUT2D eigenvalue weighted by Crippen LogP contribution is -2.10. The lowest BCUT2D eigenvalue weighted by Gasteiger charge is -2.19. The SMILES string of the molecule is CC(C)(C)c1ccccc1O.O=P(O)(O)OP(=O)(O)O. The highest BCUT2D eigenvalue weighted by atomic mass is 31.3. The van der Waals surface area contributed by atoms with Crippen LogP contribution in [0.4, 0.5) is 0 Å². The summed E-state index contributed by atoms with van der Waals surface area (Å²) in [5.41, 5.74) is 1.03. The van der Waals surface area contributed by atoms with Crippen LogP contribution < -0.4 is 0 Å². The Hall–Kier alpha value is -0.720. The Balaban J connectivity index is 0.000000370. The van der Waals surface area contributed by atoms with Gasteiger partial charge in [-0.05, 0) is 17.0 Å². The zero-order valence-electron chi connectivity index (χ0n) is 11.2. The molecule has 0 radical (unpaired) electrons. The largest absolute Gasteiger partial charge is 0.508 e. The Morgan fingerprint density at radius 2 is 1.35 bits per heavy atom. The molecular formula is C10H18O8P2. The first kappa shape index (κ1) is 19.3. The fourth-order valence-corrected chi connectivity index (χ4v) is 2.35. The summed E-state index contributed by atoms with van der Waals surface area (Å²) in [6.45, 7) is 6.26. The predicted octanol–water partition coefficient (Wildman–Crippen LogP) is 1.88. The molecule has 5 N–H and O–H groups in total. The molecule has 0 aromatic heterocycles. The molecule has 10 heteroatoms. The maximum absolute atomic E-state index is 9.63. The minimum Gasteiger partial charge on any atom is -0.508 e. The summed E-state index contributed by atoms with van der Waals surface area (Å²) < 4.78 is 22.2. The molecule has 0 bridgehead atoms. The third kappa shape index (κ3) is 9.23. The zero-order chi connectivity index (χ0) is 16.2. The van der Waals surface area contributed by atoms with Gasteiger partial charge in [0, 0.05) is 0 Å². The number of benzene rings is 1. The van der Waals surface area contributed by atoms with Gasteiger partial charge in [-0.2, -0.15) is 4.31 Å². The van der Waals surface area contributed by atoms with Crippen molar-refractivity contribution in [2.24, 2.45) is 0 Å². The first-order valence-corrected chi connectivity index (χ1v) is 8.39. The zero-order valence-corrected chi connectivity index (χ0v) is 13.0. The molecule has 0 saturated heterocycles. The highest BCUT2D eigenvalue weighted by Gasteiger charge is 2.27.